The van der Waals surface area contributed by atoms with E-state index in [0.717, 1.165) is 0 Å². The Kier molecular flexibility index (Phi) is 7.91. The van der Waals surface area contributed by atoms with Gasteiger partial charge in [-0.1, -0.05) is 5.92 Å². The lowest BCUT2D eigenvalue weighted by molar-refractivity contribution is 0.0697. The van der Waals surface area contributed by atoms with E-state index in [1.165, 1.54) is 26.4 Å². The van der Waals surface area contributed by atoms with Crippen LogP contribution in [0.2, 0.25) is 0 Å². The Morgan fingerprint density at radius 1 is 1.00 bits per heavy atom. The summed E-state index contributed by atoms with van der Waals surface area (Å²) in [6.07, 6.45) is 5.31. The van der Waals surface area contributed by atoms with Crippen LogP contribution in [0.1, 0.15) is 34.6 Å². The molecule has 0 aliphatic heterocycles. The maximum atomic E-state index is 12.0. The highest BCUT2D eigenvalue weighted by molar-refractivity contribution is 6.00. The third-order valence-corrected chi connectivity index (χ3v) is 3.78. The highest BCUT2D eigenvalue weighted by Crippen LogP contribution is 2.20. The molecule has 0 bridgehead atoms. The number of terminal acetylenes is 1. The Hall–Kier alpha value is -3.86. The smallest absolute Gasteiger partial charge is 0.337 e. The van der Waals surface area contributed by atoms with Crippen molar-refractivity contribution in [2.24, 2.45) is 0 Å². The lowest BCUT2D eigenvalue weighted by Crippen LogP contribution is -2.42. The van der Waals surface area contributed by atoms with Crippen LogP contribution in [-0.4, -0.2) is 36.7 Å². The van der Waals surface area contributed by atoms with Gasteiger partial charge in [0, 0.05) is 11.4 Å². The van der Waals surface area contributed by atoms with Gasteiger partial charge >= 0.3 is 5.97 Å². The molecule has 8 heteroatoms. The Bertz CT molecular complexity index is 932. The summed E-state index contributed by atoms with van der Waals surface area (Å²) in [4.78, 5) is 22.5. The minimum atomic E-state index is -1.05. The van der Waals surface area contributed by atoms with Crippen LogP contribution >= 0.6 is 0 Å². The average molecular weight is 399 g/mol. The number of nitrogen functional groups attached to an aromatic ring is 2. The molecular formula is C21H25N3O5. The zero-order chi connectivity index (χ0) is 22.2. The Morgan fingerprint density at radius 3 is 1.86 bits per heavy atom. The summed E-state index contributed by atoms with van der Waals surface area (Å²) < 4.78 is 9.88. The molecule has 0 fully saturated rings. The number of hydrogen-bond acceptors (Lipinski definition) is 6. The number of benzene rings is 2. The van der Waals surface area contributed by atoms with Gasteiger partial charge in [0.15, 0.2) is 0 Å². The van der Waals surface area contributed by atoms with Crippen LogP contribution in [0, 0.1) is 12.3 Å². The molecule has 0 unspecified atom stereocenters. The summed E-state index contributed by atoms with van der Waals surface area (Å²) in [6, 6.07) is 9.40. The predicted octanol–water partition coefficient (Wildman–Crippen LogP) is 2.39. The summed E-state index contributed by atoms with van der Waals surface area (Å²) in [5.74, 6) is 2.18. The van der Waals surface area contributed by atoms with Gasteiger partial charge in [-0.15, -0.1) is 6.42 Å². The van der Waals surface area contributed by atoms with Crippen molar-refractivity contribution in [2.45, 2.75) is 19.4 Å². The largest absolute Gasteiger partial charge is 0.497 e. The molecule has 0 atom stereocenters. The molecule has 6 N–H and O–H groups in total. The predicted molar refractivity (Wildman–Crippen MR) is 112 cm³/mol. The van der Waals surface area contributed by atoms with Gasteiger partial charge in [0.2, 0.25) is 0 Å². The lowest BCUT2D eigenvalue weighted by Gasteiger charge is -2.20. The number of hydrogen-bond donors (Lipinski definition) is 4. The number of ether oxygens (including phenoxy) is 2. The number of rotatable bonds is 5. The fraction of sp³-hybridized carbons (Fsp3) is 0.238. The van der Waals surface area contributed by atoms with E-state index in [9.17, 15) is 9.59 Å². The zero-order valence-corrected chi connectivity index (χ0v) is 16.8. The van der Waals surface area contributed by atoms with E-state index in [0.29, 0.717) is 22.7 Å². The summed E-state index contributed by atoms with van der Waals surface area (Å²) in [6.45, 7) is 3.47. The SMILES string of the molecule is C#CC(C)(C)NC(=O)c1cc(OC)ccc1N.COc1ccc(N)c(C(=O)O)c1. The van der Waals surface area contributed by atoms with Crippen molar-refractivity contribution in [1.82, 2.24) is 5.32 Å². The number of methoxy groups -OCH3 is 2. The molecule has 0 radical (unpaired) electrons. The van der Waals surface area contributed by atoms with E-state index in [4.69, 9.17) is 32.5 Å². The number of nitrogens with two attached hydrogens (primary N) is 2. The number of nitrogens with one attached hydrogen (secondary N) is 1. The first-order valence-corrected chi connectivity index (χ1v) is 8.45. The molecule has 0 spiro atoms. The average Bonchev–Trinajstić information content (AvgIpc) is 2.68. The molecule has 2 rings (SSSR count). The third-order valence-electron chi connectivity index (χ3n) is 3.78. The topological polar surface area (TPSA) is 137 Å². The van der Waals surface area contributed by atoms with Gasteiger partial charge in [-0.3, -0.25) is 4.79 Å². The summed E-state index contributed by atoms with van der Waals surface area (Å²) in [5.41, 5.74) is 11.5. The van der Waals surface area contributed by atoms with Crippen LogP contribution < -0.4 is 26.3 Å². The highest BCUT2D eigenvalue weighted by Gasteiger charge is 2.20. The number of amides is 1. The molecule has 0 saturated heterocycles. The normalized spacial score (nSPS) is 10.0. The fourth-order valence-electron chi connectivity index (χ4n) is 2.09. The van der Waals surface area contributed by atoms with E-state index in [1.807, 2.05) is 0 Å². The monoisotopic (exact) mass is 399 g/mol. The first-order valence-electron chi connectivity index (χ1n) is 8.45. The molecule has 0 aromatic heterocycles. The Labute approximate surface area is 169 Å². The van der Waals surface area contributed by atoms with Gasteiger partial charge in [0.05, 0.1) is 30.9 Å². The van der Waals surface area contributed by atoms with E-state index < -0.39 is 11.5 Å². The van der Waals surface area contributed by atoms with E-state index in [-0.39, 0.29) is 17.2 Å². The molecule has 0 saturated carbocycles. The number of aromatic carboxylic acids is 1. The molecule has 0 heterocycles. The van der Waals surface area contributed by atoms with Gasteiger partial charge in [0.25, 0.3) is 5.91 Å². The molecule has 2 aromatic rings. The second kappa shape index (κ2) is 9.90. The maximum absolute atomic E-state index is 12.0. The van der Waals surface area contributed by atoms with Crippen LogP contribution in [0.3, 0.4) is 0 Å². The summed E-state index contributed by atoms with van der Waals surface area (Å²) in [5, 5.41) is 11.4. The number of carboxylic acids is 1. The molecule has 0 aliphatic carbocycles. The van der Waals surface area contributed by atoms with Crippen LogP contribution in [-0.2, 0) is 0 Å². The van der Waals surface area contributed by atoms with Crippen molar-refractivity contribution in [2.75, 3.05) is 25.7 Å². The number of carboxylic acid groups (broad SMARTS) is 1. The van der Waals surface area contributed by atoms with Crippen molar-refractivity contribution in [3.05, 3.63) is 47.5 Å². The fourth-order valence-corrected chi connectivity index (χ4v) is 2.09. The molecule has 1 amide bonds. The minimum absolute atomic E-state index is 0.0642. The van der Waals surface area contributed by atoms with Crippen molar-refractivity contribution >= 4 is 23.3 Å². The highest BCUT2D eigenvalue weighted by atomic mass is 16.5. The van der Waals surface area contributed by atoms with Gasteiger partial charge in [-0.05, 0) is 50.2 Å². The number of anilines is 2. The zero-order valence-electron chi connectivity index (χ0n) is 16.8. The van der Waals surface area contributed by atoms with Crippen molar-refractivity contribution < 1.29 is 24.2 Å². The lowest BCUT2D eigenvalue weighted by atomic mass is 10.1. The molecule has 154 valence electrons. The first kappa shape index (κ1) is 23.2. The van der Waals surface area contributed by atoms with E-state index in [1.54, 1.807) is 38.1 Å². The third kappa shape index (κ3) is 6.66. The number of carbonyl (C=O) groups is 2. The standard InChI is InChI=1S/C13H16N2O2.C8H9NO3/c1-5-13(2,3)15-12(16)10-8-9(17-4)6-7-11(10)14;1-12-5-2-3-7(9)6(4-5)8(10)11/h1,6-8H,14H2,2-4H3,(H,15,16);2-4H,9H2,1H3,(H,10,11). The Balaban J connectivity index is 0.000000308. The van der Waals surface area contributed by atoms with Crippen molar-refractivity contribution in [1.29, 1.82) is 0 Å². The van der Waals surface area contributed by atoms with Crippen LogP contribution in [0.4, 0.5) is 11.4 Å². The minimum Gasteiger partial charge on any atom is -0.497 e. The molecule has 29 heavy (non-hydrogen) atoms. The molecule has 8 nitrogen and oxygen atoms in total. The molecule has 0 aliphatic rings. The first-order chi connectivity index (χ1) is 13.5. The van der Waals surface area contributed by atoms with Gasteiger partial charge in [0.1, 0.15) is 11.5 Å². The molecular weight excluding hydrogens is 374 g/mol. The second-order valence-corrected chi connectivity index (χ2v) is 6.43. The van der Waals surface area contributed by atoms with E-state index in [2.05, 4.69) is 11.2 Å². The Morgan fingerprint density at radius 2 is 1.45 bits per heavy atom. The summed E-state index contributed by atoms with van der Waals surface area (Å²) in [7, 11) is 3.00. The van der Waals surface area contributed by atoms with Gasteiger partial charge in [-0.25, -0.2) is 4.79 Å². The van der Waals surface area contributed by atoms with Crippen LogP contribution in [0.25, 0.3) is 0 Å². The maximum Gasteiger partial charge on any atom is 0.337 e. The van der Waals surface area contributed by atoms with Crippen molar-refractivity contribution in [3.63, 3.8) is 0 Å². The molecule has 2 aromatic carbocycles. The quantitative estimate of drug-likeness (QED) is 0.447. The number of carbonyl (C=O) groups excluding carboxylic acids is 1. The van der Waals surface area contributed by atoms with Gasteiger partial charge < -0.3 is 31.4 Å². The van der Waals surface area contributed by atoms with E-state index >= 15 is 0 Å². The van der Waals surface area contributed by atoms with Crippen LogP contribution in [0.15, 0.2) is 36.4 Å². The van der Waals surface area contributed by atoms with Gasteiger partial charge in [-0.2, -0.15) is 0 Å². The second-order valence-electron chi connectivity index (χ2n) is 6.43. The summed E-state index contributed by atoms with van der Waals surface area (Å²) >= 11 is 0. The van der Waals surface area contributed by atoms with Crippen LogP contribution in [0.5, 0.6) is 11.5 Å². The van der Waals surface area contributed by atoms with Crippen molar-refractivity contribution in [3.8, 4) is 23.8 Å².